The van der Waals surface area contributed by atoms with Gasteiger partial charge in [-0.1, -0.05) is 11.2 Å². The maximum Gasteiger partial charge on any atom is 0.251 e. The highest BCUT2D eigenvalue weighted by atomic mass is 19.1. The molecule has 2 heterocycles. The Hall–Kier alpha value is -3.36. The van der Waals surface area contributed by atoms with Crippen LogP contribution in [-0.4, -0.2) is 40.8 Å². The van der Waals surface area contributed by atoms with E-state index in [1.54, 1.807) is 0 Å². The third kappa shape index (κ3) is 4.92. The molecule has 0 spiro atoms. The molecule has 1 saturated heterocycles. The number of hydrogen-bond donors (Lipinski definition) is 1. The van der Waals surface area contributed by atoms with Crippen molar-refractivity contribution in [1.29, 1.82) is 0 Å². The first kappa shape index (κ1) is 21.9. The van der Waals surface area contributed by atoms with Gasteiger partial charge in [-0.2, -0.15) is 0 Å². The number of nitrogens with zero attached hydrogens (tertiary/aromatic N) is 4. The van der Waals surface area contributed by atoms with E-state index in [2.05, 4.69) is 20.0 Å². The third-order valence-corrected chi connectivity index (χ3v) is 5.76. The summed E-state index contributed by atoms with van der Waals surface area (Å²) in [6.45, 7) is 3.56. The number of carbonyl (C=O) groups excluding carboxylic acids is 1. The van der Waals surface area contributed by atoms with Gasteiger partial charge in [-0.3, -0.25) is 4.79 Å². The Balaban J connectivity index is 1.32. The maximum atomic E-state index is 14.4. The zero-order valence-corrected chi connectivity index (χ0v) is 17.9. The molecular weight excluding hydrogens is 416 g/mol. The van der Waals surface area contributed by atoms with Crippen LogP contribution in [0.5, 0.6) is 0 Å². The van der Waals surface area contributed by atoms with Gasteiger partial charge in [-0.05, 0) is 43.0 Å². The Bertz CT molecular complexity index is 1060. The predicted octanol–water partition coefficient (Wildman–Crippen LogP) is 3.77. The van der Waals surface area contributed by atoms with Crippen molar-refractivity contribution in [3.05, 3.63) is 58.9 Å². The molecule has 32 heavy (non-hydrogen) atoms. The second-order valence-corrected chi connectivity index (χ2v) is 8.12. The molecule has 1 aromatic carbocycles. The van der Waals surface area contributed by atoms with E-state index in [4.69, 9.17) is 10.6 Å². The molecule has 2 N–H and O–H groups in total. The lowest BCUT2D eigenvalue weighted by Crippen LogP contribution is -2.37. The largest absolute Gasteiger partial charge is 0.392 e. The lowest BCUT2D eigenvalue weighted by Gasteiger charge is -2.30. The zero-order valence-electron chi connectivity index (χ0n) is 17.9. The molecule has 2 aromatic rings. The van der Waals surface area contributed by atoms with Crippen LogP contribution in [0.3, 0.4) is 0 Å². The van der Waals surface area contributed by atoms with Gasteiger partial charge in [-0.25, -0.2) is 18.7 Å². The molecule has 1 amide bonds. The van der Waals surface area contributed by atoms with E-state index in [0.29, 0.717) is 24.8 Å². The number of benzene rings is 1. The number of rotatable bonds is 5. The summed E-state index contributed by atoms with van der Waals surface area (Å²) in [7, 11) is 0. The van der Waals surface area contributed by atoms with Crippen LogP contribution in [-0.2, 0) is 4.84 Å². The number of hydrogen-bond acceptors (Lipinski definition) is 6. The number of nitrogens with two attached hydrogens (primary N) is 1. The number of halogens is 2. The van der Waals surface area contributed by atoms with Crippen molar-refractivity contribution in [2.24, 2.45) is 10.9 Å². The van der Waals surface area contributed by atoms with Crippen LogP contribution in [0.4, 0.5) is 14.7 Å². The Morgan fingerprint density at radius 3 is 2.50 bits per heavy atom. The van der Waals surface area contributed by atoms with Crippen molar-refractivity contribution in [3.8, 4) is 0 Å². The monoisotopic (exact) mass is 441 g/mol. The third-order valence-electron chi connectivity index (χ3n) is 5.76. The molecule has 7 nitrogen and oxygen atoms in total. The molecule has 1 fully saturated rings. The number of aryl methyl sites for hydroxylation is 1. The summed E-state index contributed by atoms with van der Waals surface area (Å²) in [5.41, 5.74) is 7.36. The molecule has 0 unspecified atom stereocenters. The summed E-state index contributed by atoms with van der Waals surface area (Å²) < 4.78 is 28.4. The van der Waals surface area contributed by atoms with E-state index in [-0.39, 0.29) is 11.7 Å². The lowest BCUT2D eigenvalue weighted by atomic mass is 9.91. The minimum absolute atomic E-state index is 0.0301. The number of oxime groups is 1. The van der Waals surface area contributed by atoms with Crippen LogP contribution in [0.15, 0.2) is 35.8 Å². The first-order valence-corrected chi connectivity index (χ1v) is 10.6. The van der Waals surface area contributed by atoms with Crippen molar-refractivity contribution >= 4 is 23.1 Å². The standard InChI is InChI=1S/C23H25F2N5O2/c1-14-12-27-23(28-13-14)30-8-6-17(7-9-30)32-29-16-4-2-15(3-5-16)18-10-21(25)19(22(26)31)11-20(18)24/h2,10-13,17H,3-9H2,1H3,(H2,26,31)/b29-16+. The molecule has 0 radical (unpaired) electrons. The Kier molecular flexibility index (Phi) is 6.43. The summed E-state index contributed by atoms with van der Waals surface area (Å²) in [4.78, 5) is 27.8. The Morgan fingerprint density at radius 2 is 1.88 bits per heavy atom. The van der Waals surface area contributed by atoms with Crippen molar-refractivity contribution < 1.29 is 18.4 Å². The normalized spacial score (nSPS) is 18.5. The highest BCUT2D eigenvalue weighted by Crippen LogP contribution is 2.29. The molecule has 0 atom stereocenters. The van der Waals surface area contributed by atoms with Crippen molar-refractivity contribution in [2.75, 3.05) is 18.0 Å². The predicted molar refractivity (Wildman–Crippen MR) is 117 cm³/mol. The fraction of sp³-hybridized carbons (Fsp3) is 0.391. The molecule has 2 aliphatic rings. The second-order valence-electron chi connectivity index (χ2n) is 8.12. The minimum Gasteiger partial charge on any atom is -0.392 e. The Labute approximate surface area is 185 Å². The van der Waals surface area contributed by atoms with Crippen LogP contribution in [0.1, 0.15) is 53.6 Å². The number of amides is 1. The van der Waals surface area contributed by atoms with Crippen molar-refractivity contribution in [3.63, 3.8) is 0 Å². The summed E-state index contributed by atoms with van der Waals surface area (Å²) in [6.07, 6.45) is 8.75. The van der Waals surface area contributed by atoms with Crippen LogP contribution < -0.4 is 10.6 Å². The van der Waals surface area contributed by atoms with Gasteiger partial charge < -0.3 is 15.5 Å². The van der Waals surface area contributed by atoms with Crippen molar-refractivity contribution in [1.82, 2.24) is 9.97 Å². The molecule has 9 heteroatoms. The van der Waals surface area contributed by atoms with Gasteiger partial charge in [0.05, 0.1) is 11.3 Å². The number of allylic oxidation sites excluding steroid dienone is 2. The van der Waals surface area contributed by atoms with E-state index in [0.717, 1.165) is 55.3 Å². The number of carbonyl (C=O) groups is 1. The topological polar surface area (TPSA) is 93.7 Å². The first-order chi connectivity index (χ1) is 15.4. The Morgan fingerprint density at radius 1 is 1.16 bits per heavy atom. The van der Waals surface area contributed by atoms with E-state index in [9.17, 15) is 13.6 Å². The van der Waals surface area contributed by atoms with E-state index in [1.165, 1.54) is 0 Å². The van der Waals surface area contributed by atoms with Gasteiger partial charge >= 0.3 is 0 Å². The average molecular weight is 441 g/mol. The second kappa shape index (κ2) is 9.42. The SMILES string of the molecule is Cc1cnc(N2CCC(O/N=C3\CC=C(c4cc(F)c(C(N)=O)cc4F)CC3)CC2)nc1. The highest BCUT2D eigenvalue weighted by Gasteiger charge is 2.23. The number of aromatic nitrogens is 2. The van der Waals surface area contributed by atoms with E-state index in [1.807, 2.05) is 25.4 Å². The molecule has 1 aromatic heterocycles. The van der Waals surface area contributed by atoms with Crippen LogP contribution in [0.2, 0.25) is 0 Å². The maximum absolute atomic E-state index is 14.4. The molecule has 0 bridgehead atoms. The summed E-state index contributed by atoms with van der Waals surface area (Å²) >= 11 is 0. The van der Waals surface area contributed by atoms with Crippen LogP contribution in [0.25, 0.3) is 5.57 Å². The highest BCUT2D eigenvalue weighted by molar-refractivity contribution is 5.94. The van der Waals surface area contributed by atoms with Gasteiger partial charge in [0.2, 0.25) is 5.95 Å². The fourth-order valence-corrected chi connectivity index (χ4v) is 3.89. The van der Waals surface area contributed by atoms with E-state index < -0.39 is 23.1 Å². The van der Waals surface area contributed by atoms with Gasteiger partial charge in [0.25, 0.3) is 5.91 Å². The molecule has 0 saturated carbocycles. The van der Waals surface area contributed by atoms with Crippen LogP contribution in [0, 0.1) is 18.6 Å². The van der Waals surface area contributed by atoms with Crippen LogP contribution >= 0.6 is 0 Å². The van der Waals surface area contributed by atoms with Gasteiger partial charge in [-0.15, -0.1) is 0 Å². The molecular formula is C23H25F2N5O2. The zero-order chi connectivity index (χ0) is 22.7. The molecule has 1 aliphatic heterocycles. The van der Waals surface area contributed by atoms with E-state index >= 15 is 0 Å². The number of piperidine rings is 1. The quantitative estimate of drug-likeness (QED) is 0.713. The summed E-state index contributed by atoms with van der Waals surface area (Å²) in [5, 5.41) is 4.31. The fourth-order valence-electron chi connectivity index (χ4n) is 3.89. The van der Waals surface area contributed by atoms with Gasteiger partial charge in [0, 0.05) is 50.3 Å². The van der Waals surface area contributed by atoms with Crippen molar-refractivity contribution in [2.45, 2.75) is 45.1 Å². The summed E-state index contributed by atoms with van der Waals surface area (Å²) in [5.74, 6) is -1.74. The summed E-state index contributed by atoms with van der Waals surface area (Å²) in [6, 6.07) is 1.89. The molecule has 168 valence electrons. The first-order valence-electron chi connectivity index (χ1n) is 10.6. The smallest absolute Gasteiger partial charge is 0.251 e. The molecule has 4 rings (SSSR count). The molecule has 1 aliphatic carbocycles. The number of primary amides is 1. The minimum atomic E-state index is -0.991. The lowest BCUT2D eigenvalue weighted by molar-refractivity contribution is 0.0411. The average Bonchev–Trinajstić information content (AvgIpc) is 2.80. The van der Waals surface area contributed by atoms with Gasteiger partial charge in [0.1, 0.15) is 17.7 Å². The number of anilines is 1. The van der Waals surface area contributed by atoms with Gasteiger partial charge in [0.15, 0.2) is 0 Å².